The van der Waals surface area contributed by atoms with Gasteiger partial charge in [-0.25, -0.2) is 8.42 Å². The van der Waals surface area contributed by atoms with Crippen LogP contribution in [0.3, 0.4) is 0 Å². The van der Waals surface area contributed by atoms with Crippen LogP contribution in [0.1, 0.15) is 13.8 Å². The number of rotatable bonds is 2. The number of aromatic amines is 1. The molecule has 2 unspecified atom stereocenters. The average Bonchev–Trinajstić information content (AvgIpc) is 2.75. The lowest BCUT2D eigenvalue weighted by atomic mass is 10.2. The lowest BCUT2D eigenvalue weighted by Gasteiger charge is -2.35. The van der Waals surface area contributed by atoms with Gasteiger partial charge in [-0.05, 0) is 13.0 Å². The summed E-state index contributed by atoms with van der Waals surface area (Å²) in [5, 5.41) is 6.72. The van der Waals surface area contributed by atoms with Crippen molar-refractivity contribution in [3.63, 3.8) is 0 Å². The second-order valence-electron chi connectivity index (χ2n) is 3.85. The van der Waals surface area contributed by atoms with E-state index < -0.39 is 10.0 Å². The molecule has 16 heavy (non-hydrogen) atoms. The van der Waals surface area contributed by atoms with E-state index in [1.165, 1.54) is 12.3 Å². The summed E-state index contributed by atoms with van der Waals surface area (Å²) < 4.78 is 26.1. The predicted octanol–water partition coefficient (Wildman–Crippen LogP) is 0.924. The molecule has 1 fully saturated rings. The fraction of sp³-hybridized carbons (Fsp3) is 0.667. The normalized spacial score (nSPS) is 28.1. The quantitative estimate of drug-likeness (QED) is 0.860. The highest BCUT2D eigenvalue weighted by Gasteiger charge is 2.35. The zero-order valence-corrected chi connectivity index (χ0v) is 10.9. The van der Waals surface area contributed by atoms with Crippen LogP contribution in [0.5, 0.6) is 0 Å². The van der Waals surface area contributed by atoms with E-state index in [1.807, 2.05) is 18.7 Å². The predicted molar refractivity (Wildman–Crippen MR) is 63.9 cm³/mol. The van der Waals surface area contributed by atoms with Gasteiger partial charge in [-0.3, -0.25) is 5.10 Å². The Morgan fingerprint density at radius 2 is 2.31 bits per heavy atom. The maximum absolute atomic E-state index is 12.2. The van der Waals surface area contributed by atoms with Crippen molar-refractivity contribution in [3.8, 4) is 0 Å². The summed E-state index contributed by atoms with van der Waals surface area (Å²) in [6.45, 7) is 4.58. The fourth-order valence-electron chi connectivity index (χ4n) is 1.76. The number of aromatic nitrogens is 2. The van der Waals surface area contributed by atoms with Crippen molar-refractivity contribution in [2.24, 2.45) is 0 Å². The van der Waals surface area contributed by atoms with E-state index in [4.69, 9.17) is 0 Å². The van der Waals surface area contributed by atoms with Gasteiger partial charge in [0.05, 0.1) is 6.20 Å². The Balaban J connectivity index is 2.30. The molecule has 5 nitrogen and oxygen atoms in total. The van der Waals surface area contributed by atoms with Crippen LogP contribution in [0, 0.1) is 0 Å². The van der Waals surface area contributed by atoms with Gasteiger partial charge in [0, 0.05) is 23.6 Å². The van der Waals surface area contributed by atoms with Gasteiger partial charge in [0.2, 0.25) is 0 Å². The van der Waals surface area contributed by atoms with Gasteiger partial charge >= 0.3 is 0 Å². The molecule has 0 aliphatic carbocycles. The largest absolute Gasteiger partial charge is 0.266 e. The molecular formula is C9H15N3O2S2. The highest BCUT2D eigenvalue weighted by Crippen LogP contribution is 2.28. The minimum Gasteiger partial charge on any atom is -0.266 e. The average molecular weight is 261 g/mol. The van der Waals surface area contributed by atoms with E-state index in [1.54, 1.807) is 4.31 Å². The first kappa shape index (κ1) is 11.9. The Kier molecular flexibility index (Phi) is 3.27. The highest BCUT2D eigenvalue weighted by molar-refractivity contribution is 8.00. The molecule has 90 valence electrons. The maximum Gasteiger partial charge on any atom is 0.260 e. The number of H-pyrrole nitrogens is 1. The van der Waals surface area contributed by atoms with Crippen LogP contribution >= 0.6 is 11.8 Å². The van der Waals surface area contributed by atoms with Gasteiger partial charge in [-0.2, -0.15) is 21.2 Å². The molecule has 0 radical (unpaired) electrons. The van der Waals surface area contributed by atoms with Crippen molar-refractivity contribution in [3.05, 3.63) is 12.3 Å². The van der Waals surface area contributed by atoms with Crippen molar-refractivity contribution >= 4 is 21.8 Å². The molecule has 2 atom stereocenters. The van der Waals surface area contributed by atoms with Crippen molar-refractivity contribution in [1.82, 2.24) is 14.5 Å². The maximum atomic E-state index is 12.2. The van der Waals surface area contributed by atoms with Crippen molar-refractivity contribution in [2.75, 3.05) is 12.3 Å². The zero-order valence-electron chi connectivity index (χ0n) is 9.25. The molecule has 0 saturated carbocycles. The van der Waals surface area contributed by atoms with E-state index in [0.717, 1.165) is 5.75 Å². The number of nitrogens with one attached hydrogen (secondary N) is 1. The van der Waals surface area contributed by atoms with E-state index in [-0.39, 0.29) is 11.1 Å². The van der Waals surface area contributed by atoms with Gasteiger partial charge in [0.1, 0.15) is 0 Å². The lowest BCUT2D eigenvalue weighted by molar-refractivity contribution is 0.339. The molecular weight excluding hydrogens is 246 g/mol. The standard InChI is InChI=1S/C9H15N3O2S2/c1-7-8(2)15-6-5-12(7)16(13,14)9-3-4-10-11-9/h3-4,7-8H,5-6H2,1-2H3,(H,10,11). The van der Waals surface area contributed by atoms with Crippen molar-refractivity contribution in [1.29, 1.82) is 0 Å². The van der Waals surface area contributed by atoms with Gasteiger partial charge < -0.3 is 0 Å². The highest BCUT2D eigenvalue weighted by atomic mass is 32.2. The fourth-order valence-corrected chi connectivity index (χ4v) is 4.66. The molecule has 1 aliphatic heterocycles. The molecule has 1 aliphatic rings. The topological polar surface area (TPSA) is 66.1 Å². The van der Waals surface area contributed by atoms with E-state index in [2.05, 4.69) is 17.1 Å². The second kappa shape index (κ2) is 4.38. The Hall–Kier alpha value is -0.530. The molecule has 1 aromatic rings. The van der Waals surface area contributed by atoms with Crippen LogP contribution in [0.2, 0.25) is 0 Å². The van der Waals surface area contributed by atoms with Gasteiger partial charge in [0.15, 0.2) is 5.03 Å². The molecule has 1 aromatic heterocycles. The number of hydrogen-bond donors (Lipinski definition) is 1. The summed E-state index contributed by atoms with van der Waals surface area (Å²) in [6.07, 6.45) is 1.46. The Morgan fingerprint density at radius 3 is 2.94 bits per heavy atom. The molecule has 1 N–H and O–H groups in total. The monoisotopic (exact) mass is 261 g/mol. The summed E-state index contributed by atoms with van der Waals surface area (Å²) in [5.74, 6) is 0.846. The number of sulfonamides is 1. The van der Waals surface area contributed by atoms with Gasteiger partial charge in [-0.15, -0.1) is 0 Å². The van der Waals surface area contributed by atoms with Crippen LogP contribution in [0.4, 0.5) is 0 Å². The van der Waals surface area contributed by atoms with Crippen LogP contribution in [0.15, 0.2) is 17.3 Å². The summed E-state index contributed by atoms with van der Waals surface area (Å²) in [5.41, 5.74) is 0. The van der Waals surface area contributed by atoms with Gasteiger partial charge in [0.25, 0.3) is 10.0 Å². The van der Waals surface area contributed by atoms with Crippen LogP contribution in [0.25, 0.3) is 0 Å². The first-order valence-corrected chi connectivity index (χ1v) is 7.65. The number of hydrogen-bond acceptors (Lipinski definition) is 4. The summed E-state index contributed by atoms with van der Waals surface area (Å²) >= 11 is 1.81. The molecule has 2 heterocycles. The zero-order chi connectivity index (χ0) is 11.8. The summed E-state index contributed by atoms with van der Waals surface area (Å²) in [7, 11) is -3.40. The first-order chi connectivity index (χ1) is 7.53. The molecule has 0 amide bonds. The Bertz CT molecular complexity index is 443. The lowest BCUT2D eigenvalue weighted by Crippen LogP contribution is -2.47. The third-order valence-electron chi connectivity index (χ3n) is 2.89. The van der Waals surface area contributed by atoms with Crippen LogP contribution in [-0.4, -0.2) is 46.5 Å². The summed E-state index contributed by atoms with van der Waals surface area (Å²) in [6, 6.07) is 1.51. The third-order valence-corrected chi connectivity index (χ3v) is 6.14. The molecule has 1 saturated heterocycles. The minimum absolute atomic E-state index is 0.0204. The van der Waals surface area contributed by atoms with E-state index in [9.17, 15) is 8.42 Å². The number of thioether (sulfide) groups is 1. The van der Waals surface area contributed by atoms with Gasteiger partial charge in [-0.1, -0.05) is 6.92 Å². The van der Waals surface area contributed by atoms with Crippen molar-refractivity contribution < 1.29 is 8.42 Å². The molecule has 2 rings (SSSR count). The molecule has 0 spiro atoms. The Morgan fingerprint density at radius 1 is 1.56 bits per heavy atom. The molecule has 0 aromatic carbocycles. The SMILES string of the molecule is CC1SCCN(S(=O)(=O)c2ccn[nH]2)C1C. The Labute approximate surface area is 99.7 Å². The second-order valence-corrected chi connectivity index (χ2v) is 7.20. The number of nitrogens with zero attached hydrogens (tertiary/aromatic N) is 2. The van der Waals surface area contributed by atoms with E-state index in [0.29, 0.717) is 11.8 Å². The minimum atomic E-state index is -3.40. The molecule has 7 heteroatoms. The van der Waals surface area contributed by atoms with E-state index >= 15 is 0 Å². The van der Waals surface area contributed by atoms with Crippen molar-refractivity contribution in [2.45, 2.75) is 30.2 Å². The third kappa shape index (κ3) is 1.99. The first-order valence-electron chi connectivity index (χ1n) is 5.16. The van der Waals surface area contributed by atoms with Crippen LogP contribution < -0.4 is 0 Å². The summed E-state index contributed by atoms with van der Waals surface area (Å²) in [4.78, 5) is 0. The smallest absolute Gasteiger partial charge is 0.260 e. The van der Waals surface area contributed by atoms with Crippen LogP contribution in [-0.2, 0) is 10.0 Å². The molecule has 0 bridgehead atoms.